The molecule has 1 heterocycles. The van der Waals surface area contributed by atoms with Crippen molar-refractivity contribution >= 4 is 23.3 Å². The molecule has 1 N–H and O–H groups in total. The summed E-state index contributed by atoms with van der Waals surface area (Å²) < 4.78 is 5.15. The second-order valence-corrected chi connectivity index (χ2v) is 4.74. The van der Waals surface area contributed by atoms with Gasteiger partial charge in [0.05, 0.1) is 6.61 Å². The van der Waals surface area contributed by atoms with Gasteiger partial charge in [0, 0.05) is 11.7 Å². The second-order valence-electron chi connectivity index (χ2n) is 2.65. The Labute approximate surface area is 80.4 Å². The standard InChI is InChI=1S/C7H12N2OS2/c1-5(2)6-8-7(12-9-6)11-4-3-10/h5,10H,3-4H2,1-2H3. The minimum Gasteiger partial charge on any atom is -0.396 e. The van der Waals surface area contributed by atoms with Crippen molar-refractivity contribution in [1.29, 1.82) is 0 Å². The first-order chi connectivity index (χ1) is 5.74. The molecule has 5 heteroatoms. The van der Waals surface area contributed by atoms with Gasteiger partial charge in [-0.15, -0.1) is 0 Å². The molecule has 0 aliphatic carbocycles. The van der Waals surface area contributed by atoms with E-state index in [0.717, 1.165) is 10.2 Å². The van der Waals surface area contributed by atoms with Gasteiger partial charge in [0.15, 0.2) is 4.34 Å². The number of aliphatic hydroxyl groups excluding tert-OH is 1. The Kier molecular flexibility index (Phi) is 3.97. The molecule has 0 saturated heterocycles. The summed E-state index contributed by atoms with van der Waals surface area (Å²) in [6, 6.07) is 0. The SMILES string of the molecule is CC(C)c1nsc(SCCO)n1. The summed E-state index contributed by atoms with van der Waals surface area (Å²) in [6.45, 7) is 4.34. The third kappa shape index (κ3) is 2.73. The Bertz CT molecular complexity index is 237. The zero-order valence-corrected chi connectivity index (χ0v) is 8.78. The maximum Gasteiger partial charge on any atom is 0.170 e. The molecule has 1 aromatic heterocycles. The van der Waals surface area contributed by atoms with Gasteiger partial charge in [0.2, 0.25) is 0 Å². The summed E-state index contributed by atoms with van der Waals surface area (Å²) in [5.41, 5.74) is 0. The first-order valence-corrected chi connectivity index (χ1v) is 5.57. The van der Waals surface area contributed by atoms with Crippen molar-refractivity contribution in [1.82, 2.24) is 9.36 Å². The van der Waals surface area contributed by atoms with E-state index in [2.05, 4.69) is 23.2 Å². The molecule has 0 aliphatic rings. The zero-order chi connectivity index (χ0) is 8.97. The molecule has 68 valence electrons. The largest absolute Gasteiger partial charge is 0.396 e. The van der Waals surface area contributed by atoms with Crippen LogP contribution in [0.4, 0.5) is 0 Å². The predicted octanol–water partition coefficient (Wildman–Crippen LogP) is 1.75. The molecule has 0 radical (unpaired) electrons. The van der Waals surface area contributed by atoms with Gasteiger partial charge in [-0.05, 0) is 11.5 Å². The molecule has 0 aromatic carbocycles. The van der Waals surface area contributed by atoms with Crippen molar-refractivity contribution in [2.75, 3.05) is 12.4 Å². The van der Waals surface area contributed by atoms with Crippen LogP contribution in [-0.4, -0.2) is 26.8 Å². The number of nitrogens with zero attached hydrogens (tertiary/aromatic N) is 2. The van der Waals surface area contributed by atoms with Crippen LogP contribution < -0.4 is 0 Å². The monoisotopic (exact) mass is 204 g/mol. The summed E-state index contributed by atoms with van der Waals surface area (Å²) in [6.07, 6.45) is 0. The molecule has 0 bridgehead atoms. The van der Waals surface area contributed by atoms with Gasteiger partial charge in [-0.2, -0.15) is 4.37 Å². The van der Waals surface area contributed by atoms with Crippen molar-refractivity contribution in [3.05, 3.63) is 5.82 Å². The molecule has 0 spiro atoms. The maximum absolute atomic E-state index is 8.58. The second kappa shape index (κ2) is 4.79. The van der Waals surface area contributed by atoms with E-state index < -0.39 is 0 Å². The van der Waals surface area contributed by atoms with Crippen molar-refractivity contribution in [2.24, 2.45) is 0 Å². The molecule has 0 saturated carbocycles. The fourth-order valence-electron chi connectivity index (χ4n) is 0.646. The summed E-state index contributed by atoms with van der Waals surface area (Å²) in [5, 5.41) is 8.58. The first kappa shape index (κ1) is 9.95. The zero-order valence-electron chi connectivity index (χ0n) is 7.15. The summed E-state index contributed by atoms with van der Waals surface area (Å²) in [4.78, 5) is 4.31. The van der Waals surface area contributed by atoms with E-state index in [4.69, 9.17) is 5.11 Å². The van der Waals surface area contributed by atoms with Gasteiger partial charge in [-0.1, -0.05) is 25.6 Å². The van der Waals surface area contributed by atoms with Crippen LogP contribution in [0.5, 0.6) is 0 Å². The lowest BCUT2D eigenvalue weighted by Crippen LogP contribution is -1.89. The Hall–Kier alpha value is -0.130. The average Bonchev–Trinajstić information content (AvgIpc) is 2.48. The quantitative estimate of drug-likeness (QED) is 0.759. The molecule has 0 unspecified atom stereocenters. The van der Waals surface area contributed by atoms with Crippen LogP contribution >= 0.6 is 23.3 Å². The number of thioether (sulfide) groups is 1. The highest BCUT2D eigenvalue weighted by Gasteiger charge is 2.06. The number of aliphatic hydroxyl groups is 1. The number of aromatic nitrogens is 2. The number of hydrogen-bond donors (Lipinski definition) is 1. The Morgan fingerprint density at radius 1 is 1.58 bits per heavy atom. The molecule has 3 nitrogen and oxygen atoms in total. The normalized spacial score (nSPS) is 11.0. The molecule has 0 fully saturated rings. The van der Waals surface area contributed by atoms with Crippen LogP contribution in [0.15, 0.2) is 4.34 Å². The Morgan fingerprint density at radius 2 is 2.33 bits per heavy atom. The lowest BCUT2D eigenvalue weighted by molar-refractivity contribution is 0.322. The van der Waals surface area contributed by atoms with Crippen molar-refractivity contribution < 1.29 is 5.11 Å². The van der Waals surface area contributed by atoms with Gasteiger partial charge < -0.3 is 5.11 Å². The fraction of sp³-hybridized carbons (Fsp3) is 0.714. The molecule has 12 heavy (non-hydrogen) atoms. The molecular weight excluding hydrogens is 192 g/mol. The maximum atomic E-state index is 8.58. The van der Waals surface area contributed by atoms with E-state index in [1.165, 1.54) is 11.5 Å². The van der Waals surface area contributed by atoms with E-state index in [-0.39, 0.29) is 6.61 Å². The van der Waals surface area contributed by atoms with Crippen molar-refractivity contribution in [2.45, 2.75) is 24.1 Å². The topological polar surface area (TPSA) is 46.0 Å². The van der Waals surface area contributed by atoms with Gasteiger partial charge >= 0.3 is 0 Å². The highest BCUT2D eigenvalue weighted by atomic mass is 32.2. The van der Waals surface area contributed by atoms with Gasteiger partial charge in [-0.25, -0.2) is 4.98 Å². The Morgan fingerprint density at radius 3 is 2.83 bits per heavy atom. The van der Waals surface area contributed by atoms with E-state index in [1.807, 2.05) is 0 Å². The van der Waals surface area contributed by atoms with E-state index in [9.17, 15) is 0 Å². The van der Waals surface area contributed by atoms with E-state index >= 15 is 0 Å². The molecule has 0 atom stereocenters. The predicted molar refractivity (Wildman–Crippen MR) is 51.8 cm³/mol. The van der Waals surface area contributed by atoms with Crippen molar-refractivity contribution in [3.63, 3.8) is 0 Å². The smallest absolute Gasteiger partial charge is 0.170 e. The fourth-order valence-corrected chi connectivity index (χ4v) is 2.20. The third-order valence-electron chi connectivity index (χ3n) is 1.26. The van der Waals surface area contributed by atoms with Crippen molar-refractivity contribution in [3.8, 4) is 0 Å². The van der Waals surface area contributed by atoms with Gasteiger partial charge in [0.1, 0.15) is 5.82 Å². The summed E-state index contributed by atoms with van der Waals surface area (Å²) >= 11 is 2.96. The minimum atomic E-state index is 0.196. The Balaban J connectivity index is 2.52. The lowest BCUT2D eigenvalue weighted by Gasteiger charge is -1.94. The number of rotatable bonds is 4. The molecule has 0 amide bonds. The average molecular weight is 204 g/mol. The van der Waals surface area contributed by atoms with Crippen LogP contribution in [0.1, 0.15) is 25.6 Å². The van der Waals surface area contributed by atoms with Crippen LogP contribution in [0.3, 0.4) is 0 Å². The number of hydrogen-bond acceptors (Lipinski definition) is 5. The molecular formula is C7H12N2OS2. The van der Waals surface area contributed by atoms with Crippen LogP contribution in [0.25, 0.3) is 0 Å². The highest BCUT2D eigenvalue weighted by molar-refractivity contribution is 8.00. The molecule has 0 aliphatic heterocycles. The van der Waals surface area contributed by atoms with Gasteiger partial charge in [0.25, 0.3) is 0 Å². The molecule has 1 aromatic rings. The minimum absolute atomic E-state index is 0.196. The third-order valence-corrected chi connectivity index (χ3v) is 3.08. The van der Waals surface area contributed by atoms with Gasteiger partial charge in [-0.3, -0.25) is 0 Å². The summed E-state index contributed by atoms with van der Waals surface area (Å²) in [5.74, 6) is 2.00. The van der Waals surface area contributed by atoms with Crippen LogP contribution in [0.2, 0.25) is 0 Å². The summed E-state index contributed by atoms with van der Waals surface area (Å²) in [7, 11) is 0. The highest BCUT2D eigenvalue weighted by Crippen LogP contribution is 2.22. The van der Waals surface area contributed by atoms with E-state index in [1.54, 1.807) is 11.8 Å². The van der Waals surface area contributed by atoms with Crippen LogP contribution in [0, 0.1) is 0 Å². The lowest BCUT2D eigenvalue weighted by atomic mass is 10.2. The van der Waals surface area contributed by atoms with Crippen LogP contribution in [-0.2, 0) is 0 Å². The first-order valence-electron chi connectivity index (χ1n) is 3.81. The van der Waals surface area contributed by atoms with E-state index in [0.29, 0.717) is 11.7 Å². The molecule has 1 rings (SSSR count).